The molecule has 6 heavy (non-hydrogen) atoms. The minimum atomic E-state index is 0.588. The second kappa shape index (κ2) is 2.85. The zero-order chi connectivity index (χ0) is 4.99. The van der Waals surface area contributed by atoms with Crippen molar-refractivity contribution in [1.29, 1.82) is 0 Å². The Labute approximate surface area is 41.9 Å². The lowest BCUT2D eigenvalue weighted by Gasteiger charge is -1.83. The Balaban J connectivity index is 3.05. The average molecular weight is 101 g/mol. The van der Waals surface area contributed by atoms with Gasteiger partial charge in [0.2, 0.25) is 0 Å². The van der Waals surface area contributed by atoms with E-state index in [9.17, 15) is 0 Å². The van der Waals surface area contributed by atoms with Gasteiger partial charge in [0.1, 0.15) is 0 Å². The van der Waals surface area contributed by atoms with Crippen molar-refractivity contribution in [3.63, 3.8) is 0 Å². The van der Waals surface area contributed by atoms with E-state index in [1.807, 2.05) is 0 Å². The highest BCUT2D eigenvalue weighted by Crippen LogP contribution is 2.04. The Bertz CT molecular complexity index is 67.9. The van der Waals surface area contributed by atoms with Crippen molar-refractivity contribution in [3.8, 4) is 0 Å². The molecular weight excluding hydrogens is 94.1 g/mol. The summed E-state index contributed by atoms with van der Waals surface area (Å²) in [6, 6.07) is 0. The first-order valence-corrected chi connectivity index (χ1v) is 2.37. The first-order valence-electron chi connectivity index (χ1n) is 1.49. The molecule has 0 bridgehead atoms. The molecule has 0 saturated carbocycles. The van der Waals surface area contributed by atoms with Crippen molar-refractivity contribution in [1.82, 2.24) is 0 Å². The fourth-order valence-corrected chi connectivity index (χ4v) is 0.321. The van der Waals surface area contributed by atoms with Gasteiger partial charge in [0.25, 0.3) is 0 Å². The monoisotopic (exact) mass is 101 g/mol. The standard InChI is InChI=1S/C4H7NS/c1-3-6-4(2)5/h3H,1-2,5H2. The number of rotatable bonds is 2. The molecule has 0 radical (unpaired) electrons. The van der Waals surface area contributed by atoms with Crippen LogP contribution in [0.1, 0.15) is 0 Å². The molecule has 0 heterocycles. The van der Waals surface area contributed by atoms with E-state index in [0.29, 0.717) is 5.03 Å². The molecule has 0 aromatic carbocycles. The van der Waals surface area contributed by atoms with Crippen molar-refractivity contribution in [3.05, 3.63) is 23.6 Å². The minimum absolute atomic E-state index is 0.588. The van der Waals surface area contributed by atoms with E-state index in [1.165, 1.54) is 11.8 Å². The van der Waals surface area contributed by atoms with Crippen LogP contribution < -0.4 is 5.73 Å². The van der Waals surface area contributed by atoms with Crippen LogP contribution in [0.3, 0.4) is 0 Å². The normalized spacial score (nSPS) is 7.33. The zero-order valence-corrected chi connectivity index (χ0v) is 4.29. The van der Waals surface area contributed by atoms with Crippen LogP contribution in [0.2, 0.25) is 0 Å². The minimum Gasteiger partial charge on any atom is -0.394 e. The van der Waals surface area contributed by atoms with Crippen LogP contribution >= 0.6 is 11.8 Å². The third-order valence-corrected chi connectivity index (χ3v) is 0.704. The predicted octanol–water partition coefficient (Wildman–Crippen LogP) is 1.29. The SMILES string of the molecule is C=CSC(=C)N. The van der Waals surface area contributed by atoms with Crippen LogP contribution in [0, 0.1) is 0 Å². The predicted molar refractivity (Wildman–Crippen MR) is 31.1 cm³/mol. The molecule has 0 amide bonds. The number of nitrogens with two attached hydrogens (primary N) is 1. The summed E-state index contributed by atoms with van der Waals surface area (Å²) in [6.45, 7) is 6.84. The summed E-state index contributed by atoms with van der Waals surface area (Å²) >= 11 is 1.33. The van der Waals surface area contributed by atoms with Crippen molar-refractivity contribution >= 4 is 11.8 Å². The molecule has 0 unspecified atom stereocenters. The van der Waals surface area contributed by atoms with Crippen molar-refractivity contribution in [2.45, 2.75) is 0 Å². The van der Waals surface area contributed by atoms with Gasteiger partial charge in [0.15, 0.2) is 0 Å². The summed E-state index contributed by atoms with van der Waals surface area (Å²) < 4.78 is 0. The molecule has 34 valence electrons. The fourth-order valence-electron chi connectivity index (χ4n) is 0.107. The highest BCUT2D eigenvalue weighted by Gasteiger charge is 1.72. The summed E-state index contributed by atoms with van der Waals surface area (Å²) in [7, 11) is 0. The van der Waals surface area contributed by atoms with Crippen molar-refractivity contribution in [2.75, 3.05) is 0 Å². The molecule has 0 fully saturated rings. The highest BCUT2D eigenvalue weighted by atomic mass is 32.2. The first kappa shape index (κ1) is 5.63. The van der Waals surface area contributed by atoms with E-state index in [2.05, 4.69) is 13.2 Å². The van der Waals surface area contributed by atoms with E-state index in [4.69, 9.17) is 5.73 Å². The maximum atomic E-state index is 5.10. The maximum absolute atomic E-state index is 5.10. The molecular formula is C4H7NS. The second-order valence-corrected chi connectivity index (χ2v) is 1.84. The fraction of sp³-hybridized carbons (Fsp3) is 0. The molecule has 2 N–H and O–H groups in total. The Kier molecular flexibility index (Phi) is 2.67. The van der Waals surface area contributed by atoms with Crippen LogP contribution in [0.25, 0.3) is 0 Å². The molecule has 0 aliphatic rings. The molecule has 0 saturated heterocycles. The number of thioether (sulfide) groups is 1. The largest absolute Gasteiger partial charge is 0.394 e. The van der Waals surface area contributed by atoms with Crippen LogP contribution in [0.5, 0.6) is 0 Å². The van der Waals surface area contributed by atoms with Crippen molar-refractivity contribution < 1.29 is 0 Å². The Morgan fingerprint density at radius 3 is 2.33 bits per heavy atom. The highest BCUT2D eigenvalue weighted by molar-refractivity contribution is 8.05. The van der Waals surface area contributed by atoms with E-state index in [-0.39, 0.29) is 0 Å². The van der Waals surface area contributed by atoms with Gasteiger partial charge in [-0.15, -0.1) is 0 Å². The van der Waals surface area contributed by atoms with E-state index in [1.54, 1.807) is 5.41 Å². The Hall–Kier alpha value is -0.370. The van der Waals surface area contributed by atoms with Gasteiger partial charge >= 0.3 is 0 Å². The van der Waals surface area contributed by atoms with Gasteiger partial charge in [-0.25, -0.2) is 0 Å². The maximum Gasteiger partial charge on any atom is 0.0624 e. The molecule has 0 atom stereocenters. The van der Waals surface area contributed by atoms with E-state index < -0.39 is 0 Å². The molecule has 0 aliphatic carbocycles. The first-order chi connectivity index (χ1) is 2.77. The van der Waals surface area contributed by atoms with E-state index in [0.717, 1.165) is 0 Å². The van der Waals surface area contributed by atoms with Crippen LogP contribution in [-0.2, 0) is 0 Å². The number of hydrogen-bond donors (Lipinski definition) is 1. The van der Waals surface area contributed by atoms with Gasteiger partial charge in [-0.1, -0.05) is 24.9 Å². The van der Waals surface area contributed by atoms with Gasteiger partial charge in [-0.2, -0.15) is 0 Å². The lowest BCUT2D eigenvalue weighted by molar-refractivity contribution is 1.59. The van der Waals surface area contributed by atoms with Gasteiger partial charge < -0.3 is 5.73 Å². The van der Waals surface area contributed by atoms with Gasteiger partial charge in [-0.3, -0.25) is 0 Å². The zero-order valence-electron chi connectivity index (χ0n) is 3.48. The molecule has 0 rings (SSSR count). The van der Waals surface area contributed by atoms with Gasteiger partial charge in [-0.05, 0) is 5.41 Å². The lowest BCUT2D eigenvalue weighted by Crippen LogP contribution is -1.84. The second-order valence-electron chi connectivity index (χ2n) is 0.751. The third kappa shape index (κ3) is 3.63. The lowest BCUT2D eigenvalue weighted by atomic mass is 11.1. The quantitative estimate of drug-likeness (QED) is 0.567. The summed E-state index contributed by atoms with van der Waals surface area (Å²) in [6.07, 6.45) is 0. The molecule has 0 aliphatic heterocycles. The van der Waals surface area contributed by atoms with E-state index >= 15 is 0 Å². The van der Waals surface area contributed by atoms with Crippen LogP contribution in [0.4, 0.5) is 0 Å². The molecule has 0 aromatic heterocycles. The van der Waals surface area contributed by atoms with Crippen LogP contribution in [0.15, 0.2) is 23.6 Å². The third-order valence-electron chi connectivity index (χ3n) is 0.235. The average Bonchev–Trinajstić information content (AvgIpc) is 1.35. The summed E-state index contributed by atoms with van der Waals surface area (Å²) in [5.74, 6) is 0. The van der Waals surface area contributed by atoms with Crippen molar-refractivity contribution in [2.24, 2.45) is 5.73 Å². The summed E-state index contributed by atoms with van der Waals surface area (Å²) in [4.78, 5) is 0. The summed E-state index contributed by atoms with van der Waals surface area (Å²) in [5, 5.41) is 2.23. The Morgan fingerprint density at radius 2 is 2.33 bits per heavy atom. The molecule has 0 aromatic rings. The van der Waals surface area contributed by atoms with Gasteiger partial charge in [0, 0.05) is 0 Å². The molecule has 1 nitrogen and oxygen atoms in total. The molecule has 0 spiro atoms. The topological polar surface area (TPSA) is 26.0 Å². The smallest absolute Gasteiger partial charge is 0.0624 e. The number of hydrogen-bond acceptors (Lipinski definition) is 2. The van der Waals surface area contributed by atoms with Gasteiger partial charge in [0.05, 0.1) is 5.03 Å². The van der Waals surface area contributed by atoms with Crippen LogP contribution in [-0.4, -0.2) is 0 Å². The molecule has 2 heteroatoms. The Morgan fingerprint density at radius 1 is 1.83 bits per heavy atom. The summed E-state index contributed by atoms with van der Waals surface area (Å²) in [5.41, 5.74) is 5.10.